The molecular formula is C14H17NO4. The van der Waals surface area contributed by atoms with Crippen LogP contribution in [0.2, 0.25) is 0 Å². The summed E-state index contributed by atoms with van der Waals surface area (Å²) < 4.78 is 5.50. The maximum atomic E-state index is 12.2. The molecule has 0 radical (unpaired) electrons. The van der Waals surface area contributed by atoms with Crippen LogP contribution in [0.3, 0.4) is 0 Å². The summed E-state index contributed by atoms with van der Waals surface area (Å²) in [5.41, 5.74) is 1.75. The molecule has 1 aromatic heterocycles. The van der Waals surface area contributed by atoms with E-state index < -0.39 is 0 Å². The highest BCUT2D eigenvalue weighted by atomic mass is 16.3. The van der Waals surface area contributed by atoms with Gasteiger partial charge in [0.2, 0.25) is 0 Å². The first-order chi connectivity index (χ1) is 9.15. The van der Waals surface area contributed by atoms with E-state index in [0.29, 0.717) is 5.58 Å². The molecule has 2 rings (SSSR count). The summed E-state index contributed by atoms with van der Waals surface area (Å²) in [6.07, 6.45) is 0. The molecule has 5 nitrogen and oxygen atoms in total. The van der Waals surface area contributed by atoms with E-state index >= 15 is 0 Å². The molecule has 2 aromatic rings. The first-order valence-corrected chi connectivity index (χ1v) is 6.17. The first kappa shape index (κ1) is 13.6. The average molecular weight is 263 g/mol. The van der Waals surface area contributed by atoms with Crippen LogP contribution < -0.4 is 0 Å². The minimum absolute atomic E-state index is 0.148. The van der Waals surface area contributed by atoms with Gasteiger partial charge in [-0.3, -0.25) is 4.79 Å². The van der Waals surface area contributed by atoms with E-state index in [0.717, 1.165) is 10.9 Å². The zero-order chi connectivity index (χ0) is 13.8. The number of rotatable bonds is 5. The van der Waals surface area contributed by atoms with Crippen molar-refractivity contribution in [1.82, 2.24) is 4.90 Å². The molecule has 0 fully saturated rings. The third-order valence-electron chi connectivity index (χ3n) is 2.91. The summed E-state index contributed by atoms with van der Waals surface area (Å²) in [4.78, 5) is 13.6. The van der Waals surface area contributed by atoms with Crippen molar-refractivity contribution >= 4 is 16.9 Å². The second-order valence-corrected chi connectivity index (χ2v) is 4.39. The maximum Gasteiger partial charge on any atom is 0.289 e. The first-order valence-electron chi connectivity index (χ1n) is 6.17. The van der Waals surface area contributed by atoms with E-state index in [1.54, 1.807) is 6.07 Å². The Morgan fingerprint density at radius 1 is 1.21 bits per heavy atom. The normalized spacial score (nSPS) is 10.9. The highest BCUT2D eigenvalue weighted by Gasteiger charge is 2.19. The summed E-state index contributed by atoms with van der Waals surface area (Å²) in [5.74, 6) is -0.0977. The zero-order valence-electron chi connectivity index (χ0n) is 10.8. The van der Waals surface area contributed by atoms with Gasteiger partial charge >= 0.3 is 0 Å². The standard InChI is InChI=1S/C14H17NO4/c1-10-2-3-12-11(8-10)9-13(19-12)14(18)15(4-6-16)5-7-17/h2-3,8-9,16-17H,4-7H2,1H3. The van der Waals surface area contributed by atoms with Crippen LogP contribution in [0.4, 0.5) is 0 Å². The summed E-state index contributed by atoms with van der Waals surface area (Å²) in [6, 6.07) is 7.37. The molecule has 1 amide bonds. The van der Waals surface area contributed by atoms with Crippen LogP contribution in [0, 0.1) is 6.92 Å². The summed E-state index contributed by atoms with van der Waals surface area (Å²) in [7, 11) is 0. The number of aliphatic hydroxyl groups is 2. The number of benzene rings is 1. The number of carbonyl (C=O) groups excluding carboxylic acids is 1. The lowest BCUT2D eigenvalue weighted by Gasteiger charge is -2.18. The van der Waals surface area contributed by atoms with Crippen molar-refractivity contribution in [2.75, 3.05) is 26.3 Å². The van der Waals surface area contributed by atoms with Gasteiger partial charge in [-0.25, -0.2) is 0 Å². The number of nitrogens with zero attached hydrogens (tertiary/aromatic N) is 1. The molecule has 0 atom stereocenters. The van der Waals surface area contributed by atoms with Crippen molar-refractivity contribution in [3.8, 4) is 0 Å². The Morgan fingerprint density at radius 3 is 2.53 bits per heavy atom. The molecule has 0 aliphatic heterocycles. The third kappa shape index (κ3) is 2.94. The molecule has 0 saturated carbocycles. The van der Waals surface area contributed by atoms with Crippen LogP contribution in [-0.2, 0) is 0 Å². The third-order valence-corrected chi connectivity index (χ3v) is 2.91. The largest absolute Gasteiger partial charge is 0.451 e. The van der Waals surface area contributed by atoms with E-state index in [1.807, 2.05) is 25.1 Å². The minimum atomic E-state index is -0.322. The van der Waals surface area contributed by atoms with Gasteiger partial charge in [0, 0.05) is 18.5 Å². The maximum absolute atomic E-state index is 12.2. The molecule has 0 spiro atoms. The lowest BCUT2D eigenvalue weighted by molar-refractivity contribution is 0.0656. The molecule has 1 heterocycles. The van der Waals surface area contributed by atoms with Crippen LogP contribution in [0.25, 0.3) is 11.0 Å². The monoisotopic (exact) mass is 263 g/mol. The van der Waals surface area contributed by atoms with Crippen LogP contribution in [-0.4, -0.2) is 47.3 Å². The van der Waals surface area contributed by atoms with Gasteiger partial charge in [0.1, 0.15) is 5.58 Å². The van der Waals surface area contributed by atoms with Crippen molar-refractivity contribution < 1.29 is 19.4 Å². The quantitative estimate of drug-likeness (QED) is 0.849. The van der Waals surface area contributed by atoms with Gasteiger partial charge in [-0.1, -0.05) is 11.6 Å². The number of hydrogen-bond donors (Lipinski definition) is 2. The summed E-state index contributed by atoms with van der Waals surface area (Å²) in [6.45, 7) is 2.03. The molecule has 0 bridgehead atoms. The SMILES string of the molecule is Cc1ccc2oc(C(=O)N(CCO)CCO)cc2c1. The Hall–Kier alpha value is -1.85. The highest BCUT2D eigenvalue weighted by Crippen LogP contribution is 2.21. The Labute approximate surface area is 111 Å². The number of aliphatic hydroxyl groups excluding tert-OH is 2. The molecule has 0 aliphatic rings. The van der Waals surface area contributed by atoms with Crippen LogP contribution in [0.1, 0.15) is 16.1 Å². The van der Waals surface area contributed by atoms with Gasteiger partial charge in [0.05, 0.1) is 13.2 Å². The molecule has 5 heteroatoms. The van der Waals surface area contributed by atoms with E-state index in [1.165, 1.54) is 4.90 Å². The number of carbonyl (C=O) groups is 1. The fourth-order valence-electron chi connectivity index (χ4n) is 1.98. The summed E-state index contributed by atoms with van der Waals surface area (Å²) >= 11 is 0. The van der Waals surface area contributed by atoms with E-state index in [2.05, 4.69) is 0 Å². The Morgan fingerprint density at radius 2 is 1.89 bits per heavy atom. The Kier molecular flexibility index (Phi) is 4.19. The Balaban J connectivity index is 2.29. The van der Waals surface area contributed by atoms with Gasteiger partial charge < -0.3 is 19.5 Å². The van der Waals surface area contributed by atoms with E-state index in [-0.39, 0.29) is 38.0 Å². The van der Waals surface area contributed by atoms with Crippen molar-refractivity contribution in [3.63, 3.8) is 0 Å². The van der Waals surface area contributed by atoms with Gasteiger partial charge in [0.25, 0.3) is 5.91 Å². The molecule has 1 aromatic carbocycles. The number of hydrogen-bond acceptors (Lipinski definition) is 4. The Bertz CT molecular complexity index is 570. The molecular weight excluding hydrogens is 246 g/mol. The number of furan rings is 1. The van der Waals surface area contributed by atoms with Crippen molar-refractivity contribution in [2.24, 2.45) is 0 Å². The highest BCUT2D eigenvalue weighted by molar-refractivity contribution is 5.96. The van der Waals surface area contributed by atoms with Gasteiger partial charge in [-0.15, -0.1) is 0 Å². The molecule has 19 heavy (non-hydrogen) atoms. The number of amides is 1. The average Bonchev–Trinajstić information content (AvgIpc) is 2.80. The van der Waals surface area contributed by atoms with Gasteiger partial charge in [0.15, 0.2) is 5.76 Å². The molecule has 0 unspecified atom stereocenters. The fraction of sp³-hybridized carbons (Fsp3) is 0.357. The molecule has 102 valence electrons. The topological polar surface area (TPSA) is 73.9 Å². The molecule has 2 N–H and O–H groups in total. The van der Waals surface area contributed by atoms with E-state index in [4.69, 9.17) is 14.6 Å². The lowest BCUT2D eigenvalue weighted by atomic mass is 10.2. The fourth-order valence-corrected chi connectivity index (χ4v) is 1.98. The predicted molar refractivity (Wildman–Crippen MR) is 71.0 cm³/mol. The second kappa shape index (κ2) is 5.86. The zero-order valence-corrected chi connectivity index (χ0v) is 10.8. The summed E-state index contributed by atoms with van der Waals surface area (Å²) in [5, 5.41) is 18.7. The van der Waals surface area contributed by atoms with Crippen LogP contribution >= 0.6 is 0 Å². The van der Waals surface area contributed by atoms with E-state index in [9.17, 15) is 4.79 Å². The smallest absolute Gasteiger partial charge is 0.289 e. The molecule has 0 aliphatic carbocycles. The predicted octanol–water partition coefficient (Wildman–Crippen LogP) is 1.17. The van der Waals surface area contributed by atoms with Crippen molar-refractivity contribution in [3.05, 3.63) is 35.6 Å². The minimum Gasteiger partial charge on any atom is -0.451 e. The second-order valence-electron chi connectivity index (χ2n) is 4.39. The van der Waals surface area contributed by atoms with Crippen LogP contribution in [0.15, 0.2) is 28.7 Å². The van der Waals surface area contributed by atoms with Crippen LogP contribution in [0.5, 0.6) is 0 Å². The van der Waals surface area contributed by atoms with Gasteiger partial charge in [-0.2, -0.15) is 0 Å². The number of fused-ring (bicyclic) bond motifs is 1. The molecule has 0 saturated heterocycles. The van der Waals surface area contributed by atoms with Crippen molar-refractivity contribution in [2.45, 2.75) is 6.92 Å². The van der Waals surface area contributed by atoms with Gasteiger partial charge in [-0.05, 0) is 25.1 Å². The number of aryl methyl sites for hydroxylation is 1. The van der Waals surface area contributed by atoms with Crippen molar-refractivity contribution in [1.29, 1.82) is 0 Å². The lowest BCUT2D eigenvalue weighted by Crippen LogP contribution is -2.35.